The van der Waals surface area contributed by atoms with Gasteiger partial charge in [0.2, 0.25) is 5.89 Å². The number of nitrogens with zero attached hydrogens (tertiary/aromatic N) is 3. The highest BCUT2D eigenvalue weighted by Crippen LogP contribution is 2.24. The number of fused-ring (bicyclic) bond motifs is 1. The molecule has 0 saturated heterocycles. The third-order valence-corrected chi connectivity index (χ3v) is 3.86. The lowest BCUT2D eigenvalue weighted by Crippen LogP contribution is -2.08. The lowest BCUT2D eigenvalue weighted by Gasteiger charge is -2.08. The molecule has 0 fully saturated rings. The zero-order valence-electron chi connectivity index (χ0n) is 11.8. The molecule has 2 aromatic heterocycles. The molecule has 0 bridgehead atoms. The van der Waals surface area contributed by atoms with Crippen LogP contribution in [-0.4, -0.2) is 21.4 Å². The number of ether oxygens (including phenoxy) is 1. The smallest absolute Gasteiger partial charge is 0.216 e. The van der Waals surface area contributed by atoms with E-state index in [4.69, 9.17) is 20.8 Å². The van der Waals surface area contributed by atoms with Gasteiger partial charge in [-0.3, -0.25) is 4.68 Å². The van der Waals surface area contributed by atoms with Crippen LogP contribution in [0.3, 0.4) is 0 Å². The van der Waals surface area contributed by atoms with Crippen molar-refractivity contribution in [3.05, 3.63) is 58.8 Å². The van der Waals surface area contributed by atoms with Crippen molar-refractivity contribution in [3.8, 4) is 11.3 Å². The molecule has 4 rings (SSSR count). The molecule has 5 nitrogen and oxygen atoms in total. The molecule has 6 heteroatoms. The standard InChI is InChI=1S/C16H14ClN3O2/c17-13-3-1-2-11(6-13)15-7-18-16(22-15)9-20-8-12-10-21-5-4-14(12)19-20/h1-3,6-8H,4-5,9-10H2. The van der Waals surface area contributed by atoms with E-state index >= 15 is 0 Å². The quantitative estimate of drug-likeness (QED) is 0.744. The predicted octanol–water partition coefficient (Wildman–Crippen LogP) is 3.31. The lowest BCUT2D eigenvalue weighted by molar-refractivity contribution is 0.110. The summed E-state index contributed by atoms with van der Waals surface area (Å²) in [5.74, 6) is 1.33. The largest absolute Gasteiger partial charge is 0.439 e. The van der Waals surface area contributed by atoms with Crippen molar-refractivity contribution >= 4 is 11.6 Å². The lowest BCUT2D eigenvalue weighted by atomic mass is 10.2. The summed E-state index contributed by atoms with van der Waals surface area (Å²) >= 11 is 6.00. The third kappa shape index (κ3) is 2.65. The normalized spacial score (nSPS) is 14.0. The molecule has 0 saturated carbocycles. The van der Waals surface area contributed by atoms with Crippen LogP contribution < -0.4 is 0 Å². The van der Waals surface area contributed by atoms with Crippen molar-refractivity contribution in [1.29, 1.82) is 0 Å². The van der Waals surface area contributed by atoms with Crippen LogP contribution in [0, 0.1) is 0 Å². The number of oxazole rings is 1. The van der Waals surface area contributed by atoms with Crippen molar-refractivity contribution in [2.75, 3.05) is 6.61 Å². The minimum absolute atomic E-state index is 0.508. The summed E-state index contributed by atoms with van der Waals surface area (Å²) in [6.45, 7) is 1.88. The molecule has 0 amide bonds. The maximum absolute atomic E-state index is 6.00. The Morgan fingerprint density at radius 1 is 1.32 bits per heavy atom. The highest BCUT2D eigenvalue weighted by molar-refractivity contribution is 6.30. The average molecular weight is 316 g/mol. The van der Waals surface area contributed by atoms with Gasteiger partial charge in [0.1, 0.15) is 6.54 Å². The second-order valence-electron chi connectivity index (χ2n) is 5.23. The van der Waals surface area contributed by atoms with Gasteiger partial charge in [0, 0.05) is 28.8 Å². The Morgan fingerprint density at radius 3 is 3.14 bits per heavy atom. The summed E-state index contributed by atoms with van der Waals surface area (Å²) in [5, 5.41) is 5.23. The van der Waals surface area contributed by atoms with Crippen molar-refractivity contribution in [1.82, 2.24) is 14.8 Å². The van der Waals surface area contributed by atoms with Crippen LogP contribution in [0.1, 0.15) is 17.1 Å². The van der Waals surface area contributed by atoms with E-state index in [1.165, 1.54) is 0 Å². The van der Waals surface area contributed by atoms with Gasteiger partial charge in [0.05, 0.1) is 25.1 Å². The van der Waals surface area contributed by atoms with Gasteiger partial charge in [0.25, 0.3) is 0 Å². The van der Waals surface area contributed by atoms with Gasteiger partial charge in [-0.2, -0.15) is 5.10 Å². The van der Waals surface area contributed by atoms with Crippen LogP contribution >= 0.6 is 11.6 Å². The Balaban J connectivity index is 1.55. The first-order chi connectivity index (χ1) is 10.8. The minimum atomic E-state index is 0.508. The zero-order chi connectivity index (χ0) is 14.9. The van der Waals surface area contributed by atoms with Crippen molar-refractivity contribution in [3.63, 3.8) is 0 Å². The van der Waals surface area contributed by atoms with E-state index in [1.54, 1.807) is 6.20 Å². The molecular weight excluding hydrogens is 302 g/mol. The van der Waals surface area contributed by atoms with E-state index in [9.17, 15) is 0 Å². The molecule has 0 atom stereocenters. The molecule has 0 N–H and O–H groups in total. The van der Waals surface area contributed by atoms with E-state index in [2.05, 4.69) is 10.1 Å². The van der Waals surface area contributed by atoms with Crippen LogP contribution in [0.15, 0.2) is 41.1 Å². The third-order valence-electron chi connectivity index (χ3n) is 3.63. The van der Waals surface area contributed by atoms with Crippen molar-refractivity contribution in [2.45, 2.75) is 19.6 Å². The van der Waals surface area contributed by atoms with Crippen LogP contribution in [0.25, 0.3) is 11.3 Å². The highest BCUT2D eigenvalue weighted by Gasteiger charge is 2.15. The number of rotatable bonds is 3. The molecule has 3 heterocycles. The summed E-state index contributed by atoms with van der Waals surface area (Å²) < 4.78 is 13.1. The second kappa shape index (κ2) is 5.59. The van der Waals surface area contributed by atoms with Crippen LogP contribution in [0.4, 0.5) is 0 Å². The van der Waals surface area contributed by atoms with Gasteiger partial charge in [-0.05, 0) is 12.1 Å². The van der Waals surface area contributed by atoms with Crippen LogP contribution in [-0.2, 0) is 24.3 Å². The molecular formula is C16H14ClN3O2. The number of hydrogen-bond donors (Lipinski definition) is 0. The molecule has 0 radical (unpaired) electrons. The molecule has 22 heavy (non-hydrogen) atoms. The van der Waals surface area contributed by atoms with Crippen molar-refractivity contribution < 1.29 is 9.15 Å². The van der Waals surface area contributed by atoms with Gasteiger partial charge in [0.15, 0.2) is 5.76 Å². The molecule has 3 aromatic rings. The highest BCUT2D eigenvalue weighted by atomic mass is 35.5. The first-order valence-corrected chi connectivity index (χ1v) is 7.49. The Labute approximate surface area is 132 Å². The number of hydrogen-bond acceptors (Lipinski definition) is 4. The fourth-order valence-electron chi connectivity index (χ4n) is 2.56. The fraction of sp³-hybridized carbons (Fsp3) is 0.250. The molecule has 1 aromatic carbocycles. The first kappa shape index (κ1) is 13.5. The Bertz CT molecular complexity index is 786. The topological polar surface area (TPSA) is 53.1 Å². The fourth-order valence-corrected chi connectivity index (χ4v) is 2.75. The van der Waals surface area contributed by atoms with Gasteiger partial charge >= 0.3 is 0 Å². The van der Waals surface area contributed by atoms with Gasteiger partial charge < -0.3 is 9.15 Å². The number of aromatic nitrogens is 3. The monoisotopic (exact) mass is 315 g/mol. The van der Waals surface area contributed by atoms with Gasteiger partial charge in [-0.25, -0.2) is 4.98 Å². The maximum Gasteiger partial charge on any atom is 0.216 e. The summed E-state index contributed by atoms with van der Waals surface area (Å²) in [6, 6.07) is 7.52. The van der Waals surface area contributed by atoms with E-state index in [1.807, 2.05) is 35.1 Å². The Kier molecular flexibility index (Phi) is 3.44. The van der Waals surface area contributed by atoms with E-state index in [0.717, 1.165) is 29.8 Å². The minimum Gasteiger partial charge on any atom is -0.439 e. The Morgan fingerprint density at radius 2 is 2.27 bits per heavy atom. The molecule has 0 spiro atoms. The predicted molar refractivity (Wildman–Crippen MR) is 81.6 cm³/mol. The summed E-state index contributed by atoms with van der Waals surface area (Å²) in [6.07, 6.45) is 4.58. The first-order valence-electron chi connectivity index (χ1n) is 7.11. The van der Waals surface area contributed by atoms with E-state index in [-0.39, 0.29) is 0 Å². The molecule has 112 valence electrons. The van der Waals surface area contributed by atoms with Gasteiger partial charge in [-0.15, -0.1) is 0 Å². The summed E-state index contributed by atoms with van der Waals surface area (Å²) in [4.78, 5) is 4.32. The zero-order valence-corrected chi connectivity index (χ0v) is 12.6. The average Bonchev–Trinajstić information content (AvgIpc) is 3.13. The number of benzene rings is 1. The van der Waals surface area contributed by atoms with Gasteiger partial charge in [-0.1, -0.05) is 23.7 Å². The Hall–Kier alpha value is -2.11. The molecule has 0 aliphatic carbocycles. The van der Waals surface area contributed by atoms with E-state index < -0.39 is 0 Å². The molecule has 1 aliphatic heterocycles. The molecule has 1 aliphatic rings. The van der Waals surface area contributed by atoms with Crippen molar-refractivity contribution in [2.24, 2.45) is 0 Å². The summed E-state index contributed by atoms with van der Waals surface area (Å²) in [7, 11) is 0. The van der Waals surface area contributed by atoms with Crippen LogP contribution in [0.5, 0.6) is 0 Å². The molecule has 0 unspecified atom stereocenters. The van der Waals surface area contributed by atoms with E-state index in [0.29, 0.717) is 29.8 Å². The SMILES string of the molecule is Clc1cccc(-c2cnc(Cn3cc4c(n3)CCOC4)o2)c1. The second-order valence-corrected chi connectivity index (χ2v) is 5.67. The maximum atomic E-state index is 6.00. The number of halogens is 1. The summed E-state index contributed by atoms with van der Waals surface area (Å²) in [5.41, 5.74) is 3.17. The van der Waals surface area contributed by atoms with Crippen LogP contribution in [0.2, 0.25) is 5.02 Å².